The number of ether oxygens (including phenoxy) is 1. The van der Waals surface area contributed by atoms with Gasteiger partial charge in [-0.1, -0.05) is 6.42 Å². The first kappa shape index (κ1) is 13.5. The summed E-state index contributed by atoms with van der Waals surface area (Å²) in [6.45, 7) is 1.76. The zero-order valence-corrected chi connectivity index (χ0v) is 13.0. The van der Waals surface area contributed by atoms with Gasteiger partial charge in [-0.15, -0.1) is 11.3 Å². The highest BCUT2D eigenvalue weighted by atomic mass is 32.1. The fraction of sp³-hybridized carbons (Fsp3) is 0.625. The minimum Gasteiger partial charge on any atom is -0.376 e. The summed E-state index contributed by atoms with van der Waals surface area (Å²) in [6.07, 6.45) is 10.7. The number of aromatic nitrogens is 2. The average Bonchev–Trinajstić information content (AvgIpc) is 3.08. The van der Waals surface area contributed by atoms with Crippen molar-refractivity contribution in [2.75, 3.05) is 18.5 Å². The van der Waals surface area contributed by atoms with E-state index in [-0.39, 0.29) is 0 Å². The average molecular weight is 303 g/mol. The molecule has 1 aliphatic carbocycles. The summed E-state index contributed by atoms with van der Waals surface area (Å²) in [4.78, 5) is 11.7. The molecule has 112 valence electrons. The largest absolute Gasteiger partial charge is 0.376 e. The first-order chi connectivity index (χ1) is 10.4. The van der Waals surface area contributed by atoms with Crippen molar-refractivity contribution in [2.24, 2.45) is 0 Å². The quantitative estimate of drug-likeness (QED) is 0.881. The molecule has 0 unspecified atom stereocenters. The van der Waals surface area contributed by atoms with Gasteiger partial charge in [0.2, 0.25) is 0 Å². The Hall–Kier alpha value is -1.20. The zero-order valence-electron chi connectivity index (χ0n) is 12.2. The van der Waals surface area contributed by atoms with Crippen LogP contribution in [0.15, 0.2) is 6.33 Å². The second-order valence-corrected chi connectivity index (χ2v) is 7.07. The van der Waals surface area contributed by atoms with Crippen molar-refractivity contribution in [3.8, 4) is 0 Å². The molecule has 1 atom stereocenters. The minimum atomic E-state index is 0.340. The molecule has 1 saturated heterocycles. The number of hydrogen-bond donors (Lipinski definition) is 1. The standard InChI is InChI=1S/C16H21N3OS/c1-2-6-12-13(7-3-1)21-16-14(12)15(18-10-19-16)17-9-11-5-4-8-20-11/h10-11H,1-9H2,(H,17,18,19)/t11-/m0/s1. The highest BCUT2D eigenvalue weighted by Crippen LogP contribution is 2.37. The van der Waals surface area contributed by atoms with Gasteiger partial charge in [-0.2, -0.15) is 0 Å². The Morgan fingerprint density at radius 3 is 3.05 bits per heavy atom. The summed E-state index contributed by atoms with van der Waals surface area (Å²) in [5.74, 6) is 1.01. The number of hydrogen-bond acceptors (Lipinski definition) is 5. The van der Waals surface area contributed by atoms with Gasteiger partial charge in [-0.25, -0.2) is 9.97 Å². The van der Waals surface area contributed by atoms with Crippen LogP contribution in [-0.2, 0) is 17.6 Å². The SMILES string of the molecule is c1nc(NC[C@@H]2CCCO2)c2c3c(sc2n1)CCCCC3. The van der Waals surface area contributed by atoms with E-state index in [0.29, 0.717) is 6.10 Å². The van der Waals surface area contributed by atoms with Crippen LogP contribution in [0.25, 0.3) is 10.2 Å². The van der Waals surface area contributed by atoms with Crippen LogP contribution in [0.5, 0.6) is 0 Å². The van der Waals surface area contributed by atoms with Crippen molar-refractivity contribution < 1.29 is 4.74 Å². The molecule has 1 aliphatic heterocycles. The third kappa shape index (κ3) is 2.64. The van der Waals surface area contributed by atoms with Crippen molar-refractivity contribution in [2.45, 2.75) is 51.0 Å². The number of nitrogens with zero attached hydrogens (tertiary/aromatic N) is 2. The summed E-state index contributed by atoms with van der Waals surface area (Å²) in [5, 5.41) is 4.79. The molecule has 2 aliphatic rings. The van der Waals surface area contributed by atoms with Crippen LogP contribution < -0.4 is 5.32 Å². The normalized spacial score (nSPS) is 22.2. The van der Waals surface area contributed by atoms with E-state index in [0.717, 1.165) is 30.2 Å². The Morgan fingerprint density at radius 2 is 2.14 bits per heavy atom. The van der Waals surface area contributed by atoms with Crippen LogP contribution in [-0.4, -0.2) is 29.2 Å². The predicted octanol–water partition coefficient (Wildman–Crippen LogP) is 3.55. The van der Waals surface area contributed by atoms with Gasteiger partial charge < -0.3 is 10.1 Å². The number of nitrogens with one attached hydrogen (secondary N) is 1. The van der Waals surface area contributed by atoms with Crippen molar-refractivity contribution in [3.05, 3.63) is 16.8 Å². The van der Waals surface area contributed by atoms with Gasteiger partial charge in [-0.05, 0) is 44.1 Å². The number of anilines is 1. The summed E-state index contributed by atoms with van der Waals surface area (Å²) >= 11 is 1.86. The van der Waals surface area contributed by atoms with E-state index in [9.17, 15) is 0 Å². The monoisotopic (exact) mass is 303 g/mol. The van der Waals surface area contributed by atoms with E-state index in [1.165, 1.54) is 54.4 Å². The van der Waals surface area contributed by atoms with E-state index in [1.54, 1.807) is 6.33 Å². The van der Waals surface area contributed by atoms with E-state index < -0.39 is 0 Å². The lowest BCUT2D eigenvalue weighted by Crippen LogP contribution is -2.19. The molecular weight excluding hydrogens is 282 g/mol. The van der Waals surface area contributed by atoms with Crippen molar-refractivity contribution in [3.63, 3.8) is 0 Å². The van der Waals surface area contributed by atoms with Gasteiger partial charge in [0.05, 0.1) is 11.5 Å². The molecule has 5 heteroatoms. The molecule has 0 bridgehead atoms. The smallest absolute Gasteiger partial charge is 0.138 e. The molecule has 1 fully saturated rings. The molecule has 2 aromatic rings. The Bertz CT molecular complexity index is 634. The third-order valence-electron chi connectivity index (χ3n) is 4.52. The second kappa shape index (κ2) is 5.89. The summed E-state index contributed by atoms with van der Waals surface area (Å²) < 4.78 is 5.70. The molecule has 0 saturated carbocycles. The highest BCUT2D eigenvalue weighted by molar-refractivity contribution is 7.18. The van der Waals surface area contributed by atoms with E-state index in [2.05, 4.69) is 15.3 Å². The van der Waals surface area contributed by atoms with Crippen LogP contribution in [0.1, 0.15) is 42.5 Å². The fourth-order valence-corrected chi connectivity index (χ4v) is 4.65. The first-order valence-corrected chi connectivity index (χ1v) is 8.84. The topological polar surface area (TPSA) is 47.0 Å². The molecule has 4 nitrogen and oxygen atoms in total. The zero-order chi connectivity index (χ0) is 14.1. The minimum absolute atomic E-state index is 0.340. The number of fused-ring (bicyclic) bond motifs is 3. The number of aryl methyl sites for hydroxylation is 2. The third-order valence-corrected chi connectivity index (χ3v) is 5.72. The van der Waals surface area contributed by atoms with Crippen molar-refractivity contribution in [1.29, 1.82) is 0 Å². The van der Waals surface area contributed by atoms with E-state index in [1.807, 2.05) is 11.3 Å². The molecule has 4 rings (SSSR count). The molecular formula is C16H21N3OS. The molecule has 21 heavy (non-hydrogen) atoms. The van der Waals surface area contributed by atoms with Gasteiger partial charge >= 0.3 is 0 Å². The molecule has 0 amide bonds. The molecule has 0 radical (unpaired) electrons. The molecule has 0 aromatic carbocycles. The lowest BCUT2D eigenvalue weighted by molar-refractivity contribution is 0.120. The Morgan fingerprint density at radius 1 is 1.19 bits per heavy atom. The summed E-state index contributed by atoms with van der Waals surface area (Å²) in [7, 11) is 0. The Labute approximate surface area is 128 Å². The lowest BCUT2D eigenvalue weighted by atomic mass is 10.1. The number of rotatable bonds is 3. The second-order valence-electron chi connectivity index (χ2n) is 5.98. The van der Waals surface area contributed by atoms with Gasteiger partial charge in [0, 0.05) is 18.0 Å². The molecule has 1 N–H and O–H groups in total. The predicted molar refractivity (Wildman–Crippen MR) is 86.1 cm³/mol. The van der Waals surface area contributed by atoms with Crippen LogP contribution >= 0.6 is 11.3 Å². The summed E-state index contributed by atoms with van der Waals surface area (Å²) in [5.41, 5.74) is 1.50. The van der Waals surface area contributed by atoms with Crippen molar-refractivity contribution in [1.82, 2.24) is 9.97 Å². The fourth-order valence-electron chi connectivity index (χ4n) is 3.42. The number of thiophene rings is 1. The molecule has 2 aromatic heterocycles. The maximum Gasteiger partial charge on any atom is 0.138 e. The van der Waals surface area contributed by atoms with E-state index >= 15 is 0 Å². The summed E-state index contributed by atoms with van der Waals surface area (Å²) in [6, 6.07) is 0. The van der Waals surface area contributed by atoms with Crippen LogP contribution in [0.4, 0.5) is 5.82 Å². The Balaban J connectivity index is 1.65. The molecule has 3 heterocycles. The van der Waals surface area contributed by atoms with Crippen molar-refractivity contribution >= 4 is 27.4 Å². The lowest BCUT2D eigenvalue weighted by Gasteiger charge is -2.12. The highest BCUT2D eigenvalue weighted by Gasteiger charge is 2.20. The van der Waals surface area contributed by atoms with Gasteiger partial charge in [-0.3, -0.25) is 0 Å². The van der Waals surface area contributed by atoms with Gasteiger partial charge in [0.25, 0.3) is 0 Å². The van der Waals surface area contributed by atoms with Crippen LogP contribution in [0, 0.1) is 0 Å². The van der Waals surface area contributed by atoms with Gasteiger partial charge in [0.15, 0.2) is 0 Å². The molecule has 0 spiro atoms. The van der Waals surface area contributed by atoms with E-state index in [4.69, 9.17) is 4.74 Å². The van der Waals surface area contributed by atoms with Crippen LogP contribution in [0.2, 0.25) is 0 Å². The Kier molecular flexibility index (Phi) is 3.78. The maximum absolute atomic E-state index is 5.70. The van der Waals surface area contributed by atoms with Crippen LogP contribution in [0.3, 0.4) is 0 Å². The maximum atomic E-state index is 5.70. The first-order valence-electron chi connectivity index (χ1n) is 8.02. The van der Waals surface area contributed by atoms with Gasteiger partial charge in [0.1, 0.15) is 17.0 Å².